The van der Waals surface area contributed by atoms with Crippen molar-refractivity contribution in [3.05, 3.63) is 48.8 Å². The zero-order valence-corrected chi connectivity index (χ0v) is 14.5. The zero-order chi connectivity index (χ0) is 17.4. The first-order chi connectivity index (χ1) is 12.8. The van der Waals surface area contributed by atoms with E-state index >= 15 is 0 Å². The summed E-state index contributed by atoms with van der Waals surface area (Å²) in [6.07, 6.45) is 12.0. The number of fused-ring (bicyclic) bond motifs is 1. The van der Waals surface area contributed by atoms with Crippen LogP contribution < -0.4 is 4.90 Å². The molecule has 1 unspecified atom stereocenters. The van der Waals surface area contributed by atoms with Gasteiger partial charge in [-0.3, -0.25) is 9.88 Å². The van der Waals surface area contributed by atoms with Gasteiger partial charge in [0.1, 0.15) is 11.4 Å². The van der Waals surface area contributed by atoms with E-state index in [1.165, 1.54) is 0 Å². The Bertz CT molecular complexity index is 899. The smallest absolute Gasteiger partial charge is 0.159 e. The summed E-state index contributed by atoms with van der Waals surface area (Å²) in [7, 11) is 0. The molecule has 1 atom stereocenters. The Morgan fingerprint density at radius 2 is 2.08 bits per heavy atom. The molecule has 5 heterocycles. The molecule has 134 valence electrons. The highest BCUT2D eigenvalue weighted by Crippen LogP contribution is 2.32. The fourth-order valence-electron chi connectivity index (χ4n) is 4.03. The van der Waals surface area contributed by atoms with Gasteiger partial charge in [0.05, 0.1) is 19.0 Å². The average Bonchev–Trinajstić information content (AvgIpc) is 3.28. The summed E-state index contributed by atoms with van der Waals surface area (Å²) in [6.45, 7) is 5.24. The van der Waals surface area contributed by atoms with Crippen molar-refractivity contribution in [3.8, 4) is 0 Å². The molecule has 3 aromatic rings. The minimum absolute atomic E-state index is 0.133. The van der Waals surface area contributed by atoms with E-state index in [4.69, 9.17) is 4.74 Å². The number of rotatable bonds is 3. The standard InChI is InChI=1S/C18H21N7O/c1-3-21-17-15(10-22-25(17)6-1)12-23-8-9-26-18(13-23)2-7-24(14-18)16-11-19-4-5-20-16/h1,3-6,10-11H,2,7-9,12-14H2. The zero-order valence-electron chi connectivity index (χ0n) is 14.5. The second kappa shape index (κ2) is 6.30. The van der Waals surface area contributed by atoms with E-state index in [1.54, 1.807) is 12.4 Å². The molecular formula is C18H21N7O. The second-order valence-electron chi connectivity index (χ2n) is 7.03. The fraction of sp³-hybridized carbons (Fsp3) is 0.444. The fourth-order valence-corrected chi connectivity index (χ4v) is 4.03. The summed E-state index contributed by atoms with van der Waals surface area (Å²) >= 11 is 0. The molecule has 8 nitrogen and oxygen atoms in total. The van der Waals surface area contributed by atoms with Gasteiger partial charge in [-0.15, -0.1) is 0 Å². The molecule has 0 N–H and O–H groups in total. The Hall–Kier alpha value is -2.58. The van der Waals surface area contributed by atoms with Crippen LogP contribution >= 0.6 is 0 Å². The van der Waals surface area contributed by atoms with Gasteiger partial charge in [0, 0.05) is 63.1 Å². The Kier molecular flexibility index (Phi) is 3.79. The van der Waals surface area contributed by atoms with Gasteiger partial charge in [-0.25, -0.2) is 14.5 Å². The summed E-state index contributed by atoms with van der Waals surface area (Å²) in [5, 5.41) is 4.40. The molecule has 26 heavy (non-hydrogen) atoms. The van der Waals surface area contributed by atoms with Crippen LogP contribution in [0.15, 0.2) is 43.2 Å². The van der Waals surface area contributed by atoms with Crippen molar-refractivity contribution in [1.29, 1.82) is 0 Å². The number of anilines is 1. The molecule has 0 amide bonds. The third-order valence-corrected chi connectivity index (χ3v) is 5.26. The van der Waals surface area contributed by atoms with E-state index in [9.17, 15) is 0 Å². The minimum atomic E-state index is -0.133. The first-order valence-corrected chi connectivity index (χ1v) is 8.96. The third-order valence-electron chi connectivity index (χ3n) is 5.26. The van der Waals surface area contributed by atoms with E-state index < -0.39 is 0 Å². The lowest BCUT2D eigenvalue weighted by molar-refractivity contribution is -0.0974. The molecule has 5 rings (SSSR count). The number of hydrogen-bond acceptors (Lipinski definition) is 7. The van der Waals surface area contributed by atoms with Crippen LogP contribution in [0.25, 0.3) is 5.65 Å². The van der Waals surface area contributed by atoms with E-state index in [0.29, 0.717) is 0 Å². The van der Waals surface area contributed by atoms with Crippen LogP contribution in [-0.4, -0.2) is 67.9 Å². The van der Waals surface area contributed by atoms with E-state index in [-0.39, 0.29) is 5.60 Å². The SMILES string of the molecule is c1cnc2c(CN3CCOC4(CCN(c5cnccn5)C4)C3)cnn2c1. The van der Waals surface area contributed by atoms with Crippen molar-refractivity contribution in [3.63, 3.8) is 0 Å². The maximum atomic E-state index is 6.25. The highest BCUT2D eigenvalue weighted by molar-refractivity contribution is 5.45. The number of morpholine rings is 1. The van der Waals surface area contributed by atoms with Crippen molar-refractivity contribution in [2.45, 2.75) is 18.6 Å². The van der Waals surface area contributed by atoms with E-state index in [0.717, 1.165) is 62.8 Å². The molecule has 3 aromatic heterocycles. The highest BCUT2D eigenvalue weighted by atomic mass is 16.5. The van der Waals surface area contributed by atoms with Gasteiger partial charge < -0.3 is 9.64 Å². The number of nitrogens with zero attached hydrogens (tertiary/aromatic N) is 7. The minimum Gasteiger partial charge on any atom is -0.370 e. The Labute approximate surface area is 151 Å². The summed E-state index contributed by atoms with van der Waals surface area (Å²) in [4.78, 5) is 17.8. The molecular weight excluding hydrogens is 330 g/mol. The quantitative estimate of drug-likeness (QED) is 0.697. The summed E-state index contributed by atoms with van der Waals surface area (Å²) in [6, 6.07) is 1.90. The first-order valence-electron chi connectivity index (χ1n) is 8.96. The molecule has 0 aromatic carbocycles. The lowest BCUT2D eigenvalue weighted by atomic mass is 10.0. The van der Waals surface area contributed by atoms with Gasteiger partial charge in [0.25, 0.3) is 0 Å². The van der Waals surface area contributed by atoms with Gasteiger partial charge in [0.15, 0.2) is 5.65 Å². The van der Waals surface area contributed by atoms with Crippen LogP contribution in [0.5, 0.6) is 0 Å². The molecule has 0 bridgehead atoms. The molecule has 8 heteroatoms. The predicted molar refractivity (Wildman–Crippen MR) is 95.8 cm³/mol. The van der Waals surface area contributed by atoms with Gasteiger partial charge in [0.2, 0.25) is 0 Å². The van der Waals surface area contributed by atoms with Crippen molar-refractivity contribution in [1.82, 2.24) is 29.5 Å². The van der Waals surface area contributed by atoms with Gasteiger partial charge >= 0.3 is 0 Å². The van der Waals surface area contributed by atoms with E-state index in [2.05, 4.69) is 29.9 Å². The van der Waals surface area contributed by atoms with Crippen LogP contribution in [0.4, 0.5) is 5.82 Å². The number of ether oxygens (including phenoxy) is 1. The summed E-state index contributed by atoms with van der Waals surface area (Å²) < 4.78 is 8.08. The number of aromatic nitrogens is 5. The molecule has 2 aliphatic heterocycles. The molecule has 2 aliphatic rings. The van der Waals surface area contributed by atoms with Crippen LogP contribution in [0.1, 0.15) is 12.0 Å². The summed E-state index contributed by atoms with van der Waals surface area (Å²) in [5.74, 6) is 0.928. The highest BCUT2D eigenvalue weighted by Gasteiger charge is 2.43. The Morgan fingerprint density at radius 1 is 1.08 bits per heavy atom. The van der Waals surface area contributed by atoms with Gasteiger partial charge in [-0.2, -0.15) is 5.10 Å². The van der Waals surface area contributed by atoms with E-state index in [1.807, 2.05) is 35.4 Å². The molecule has 2 fully saturated rings. The average molecular weight is 351 g/mol. The monoisotopic (exact) mass is 351 g/mol. The third kappa shape index (κ3) is 2.81. The maximum absolute atomic E-state index is 6.25. The van der Waals surface area contributed by atoms with Crippen LogP contribution in [-0.2, 0) is 11.3 Å². The van der Waals surface area contributed by atoms with Crippen LogP contribution in [0.3, 0.4) is 0 Å². The van der Waals surface area contributed by atoms with Crippen LogP contribution in [0.2, 0.25) is 0 Å². The second-order valence-corrected chi connectivity index (χ2v) is 7.03. The Balaban J connectivity index is 1.31. The lowest BCUT2D eigenvalue weighted by Crippen LogP contribution is -2.53. The molecule has 2 saturated heterocycles. The Morgan fingerprint density at radius 3 is 3.00 bits per heavy atom. The lowest BCUT2D eigenvalue weighted by Gasteiger charge is -2.40. The van der Waals surface area contributed by atoms with Crippen molar-refractivity contribution >= 4 is 11.5 Å². The molecule has 1 spiro atoms. The van der Waals surface area contributed by atoms with Gasteiger partial charge in [-0.05, 0) is 12.5 Å². The largest absolute Gasteiger partial charge is 0.370 e. The maximum Gasteiger partial charge on any atom is 0.159 e. The topological polar surface area (TPSA) is 71.7 Å². The molecule has 0 radical (unpaired) electrons. The molecule has 0 saturated carbocycles. The normalized spacial score (nSPS) is 23.9. The van der Waals surface area contributed by atoms with Crippen molar-refractivity contribution in [2.75, 3.05) is 37.7 Å². The summed E-state index contributed by atoms with van der Waals surface area (Å²) in [5.41, 5.74) is 1.96. The van der Waals surface area contributed by atoms with Crippen molar-refractivity contribution < 1.29 is 4.74 Å². The molecule has 0 aliphatic carbocycles. The van der Waals surface area contributed by atoms with Crippen molar-refractivity contribution in [2.24, 2.45) is 0 Å². The predicted octanol–water partition coefficient (Wildman–Crippen LogP) is 1.00. The van der Waals surface area contributed by atoms with Gasteiger partial charge in [-0.1, -0.05) is 0 Å². The van der Waals surface area contributed by atoms with Crippen LogP contribution in [0, 0.1) is 0 Å². The number of hydrogen-bond donors (Lipinski definition) is 0. The first kappa shape index (κ1) is 15.7.